The van der Waals surface area contributed by atoms with E-state index < -0.39 is 8.07 Å². The summed E-state index contributed by atoms with van der Waals surface area (Å²) in [5.74, 6) is 1.30. The van der Waals surface area contributed by atoms with E-state index in [9.17, 15) is 4.79 Å². The minimum atomic E-state index is -1.70. The molecule has 1 aliphatic heterocycles. The Kier molecular flexibility index (Phi) is 3.67. The molecule has 142 valence electrons. The highest BCUT2D eigenvalue weighted by Gasteiger charge is 2.27. The number of nitrogens with zero attached hydrogens (tertiary/aromatic N) is 1. The van der Waals surface area contributed by atoms with Crippen LogP contribution in [0.3, 0.4) is 0 Å². The van der Waals surface area contributed by atoms with Gasteiger partial charge in [-0.15, -0.1) is 0 Å². The van der Waals surface area contributed by atoms with Crippen LogP contribution in [-0.4, -0.2) is 19.4 Å². The van der Waals surface area contributed by atoms with Crippen molar-refractivity contribution in [2.45, 2.75) is 26.2 Å². The van der Waals surface area contributed by atoms with Crippen molar-refractivity contribution in [2.24, 2.45) is 0 Å². The number of ether oxygens (including phenoxy) is 2. The van der Waals surface area contributed by atoms with E-state index in [0.717, 1.165) is 16.3 Å². The van der Waals surface area contributed by atoms with Gasteiger partial charge in [-0.05, 0) is 22.9 Å². The number of pyridine rings is 1. The van der Waals surface area contributed by atoms with Gasteiger partial charge in [0.1, 0.15) is 0 Å². The van der Waals surface area contributed by atoms with Gasteiger partial charge in [-0.3, -0.25) is 9.36 Å². The second-order valence-corrected chi connectivity index (χ2v) is 13.2. The van der Waals surface area contributed by atoms with Gasteiger partial charge in [0.15, 0.2) is 11.5 Å². The summed E-state index contributed by atoms with van der Waals surface area (Å²) in [5.41, 5.74) is 1.59. The Morgan fingerprint density at radius 3 is 2.36 bits per heavy atom. The zero-order valence-electron chi connectivity index (χ0n) is 16.1. The summed E-state index contributed by atoms with van der Waals surface area (Å²) in [5, 5.41) is 3.73. The third-order valence-electron chi connectivity index (χ3n) is 5.27. The van der Waals surface area contributed by atoms with Crippen molar-refractivity contribution < 1.29 is 13.9 Å². The molecule has 0 saturated carbocycles. The highest BCUT2D eigenvalue weighted by Crippen LogP contribution is 2.37. The van der Waals surface area contributed by atoms with Crippen LogP contribution in [-0.2, 0) is 6.54 Å². The van der Waals surface area contributed by atoms with Gasteiger partial charge in [0.05, 0.1) is 26.3 Å². The zero-order valence-corrected chi connectivity index (χ0v) is 17.1. The summed E-state index contributed by atoms with van der Waals surface area (Å²) in [6.07, 6.45) is 1.84. The molecule has 0 amide bonds. The number of rotatable bonds is 3. The Bertz CT molecular complexity index is 1270. The molecular formula is C22H21NO4Si. The van der Waals surface area contributed by atoms with Crippen LogP contribution in [0.1, 0.15) is 5.56 Å². The smallest absolute Gasteiger partial charge is 0.261 e. The number of benzene rings is 2. The van der Waals surface area contributed by atoms with Crippen LogP contribution in [0.2, 0.25) is 19.6 Å². The van der Waals surface area contributed by atoms with Gasteiger partial charge in [0.2, 0.25) is 12.5 Å². The van der Waals surface area contributed by atoms with Crippen LogP contribution in [0.25, 0.3) is 21.9 Å². The van der Waals surface area contributed by atoms with Crippen molar-refractivity contribution >= 4 is 35.1 Å². The molecule has 2 aromatic heterocycles. The number of hydrogen-bond donors (Lipinski definition) is 0. The summed E-state index contributed by atoms with van der Waals surface area (Å²) < 4.78 is 18.8. The van der Waals surface area contributed by atoms with Gasteiger partial charge in [-0.25, -0.2) is 0 Å². The molecule has 0 unspecified atom stereocenters. The Morgan fingerprint density at radius 2 is 1.68 bits per heavy atom. The summed E-state index contributed by atoms with van der Waals surface area (Å²) >= 11 is 0. The topological polar surface area (TPSA) is 53.6 Å². The highest BCUT2D eigenvalue weighted by atomic mass is 28.3. The number of aromatic nitrogens is 1. The Labute approximate surface area is 163 Å². The van der Waals surface area contributed by atoms with Gasteiger partial charge in [0.25, 0.3) is 5.56 Å². The first-order valence-corrected chi connectivity index (χ1v) is 12.9. The van der Waals surface area contributed by atoms with Crippen molar-refractivity contribution in [1.82, 2.24) is 4.57 Å². The van der Waals surface area contributed by atoms with Gasteiger partial charge in [-0.2, -0.15) is 0 Å². The van der Waals surface area contributed by atoms with Crippen LogP contribution in [0.4, 0.5) is 0 Å². The van der Waals surface area contributed by atoms with Crippen LogP contribution >= 0.6 is 0 Å². The Hall–Kier alpha value is -2.99. The first-order valence-electron chi connectivity index (χ1n) is 9.35. The zero-order chi connectivity index (χ0) is 19.5. The van der Waals surface area contributed by atoms with Gasteiger partial charge in [0, 0.05) is 10.8 Å². The predicted octanol–water partition coefficient (Wildman–Crippen LogP) is 4.07. The van der Waals surface area contributed by atoms with Crippen molar-refractivity contribution in [3.8, 4) is 11.5 Å². The standard InChI is InChI=1S/C22H21NO4Si/c1-28(2,3)19-12-25-22-20(19)15-9-17-18(27-13-26-17)10-16(15)21(24)23(22)11-14-7-5-4-6-8-14/h4-10,12H,11,13H2,1-3H3. The molecule has 1 aliphatic rings. The summed E-state index contributed by atoms with van der Waals surface area (Å²) in [6, 6.07) is 13.7. The molecule has 2 aromatic carbocycles. The highest BCUT2D eigenvalue weighted by molar-refractivity contribution is 6.90. The maximum absolute atomic E-state index is 13.4. The lowest BCUT2D eigenvalue weighted by molar-refractivity contribution is 0.174. The SMILES string of the molecule is C[Si](C)(C)c1coc2c1c1cc3c(cc1c(=O)n2Cc1ccccc1)OCO3. The number of furan rings is 1. The first kappa shape index (κ1) is 17.1. The van der Waals surface area contributed by atoms with E-state index in [1.165, 1.54) is 5.19 Å². The van der Waals surface area contributed by atoms with Crippen LogP contribution < -0.4 is 20.2 Å². The third-order valence-corrected chi connectivity index (χ3v) is 7.25. The lowest BCUT2D eigenvalue weighted by atomic mass is 10.1. The van der Waals surface area contributed by atoms with Crippen LogP contribution in [0.5, 0.6) is 11.5 Å². The fourth-order valence-corrected chi connectivity index (χ4v) is 5.24. The molecule has 0 aliphatic carbocycles. The van der Waals surface area contributed by atoms with Crippen LogP contribution in [0, 0.1) is 0 Å². The molecule has 0 fully saturated rings. The Morgan fingerprint density at radius 1 is 1.00 bits per heavy atom. The lowest BCUT2D eigenvalue weighted by Crippen LogP contribution is -2.37. The van der Waals surface area contributed by atoms with E-state index in [4.69, 9.17) is 13.9 Å². The quantitative estimate of drug-likeness (QED) is 0.494. The molecule has 28 heavy (non-hydrogen) atoms. The second-order valence-electron chi connectivity index (χ2n) is 8.21. The molecule has 5 rings (SSSR count). The fourth-order valence-electron chi connectivity index (χ4n) is 3.83. The van der Waals surface area contributed by atoms with Gasteiger partial charge >= 0.3 is 0 Å². The predicted molar refractivity (Wildman–Crippen MR) is 113 cm³/mol. The van der Waals surface area contributed by atoms with E-state index in [1.54, 1.807) is 4.57 Å². The molecule has 4 aromatic rings. The second kappa shape index (κ2) is 6.00. The lowest BCUT2D eigenvalue weighted by Gasteiger charge is -2.16. The number of fused-ring (bicyclic) bond motifs is 4. The van der Waals surface area contributed by atoms with Crippen LogP contribution in [0.15, 0.2) is 57.9 Å². The largest absolute Gasteiger partial charge is 0.454 e. The Balaban J connectivity index is 1.89. The molecule has 0 N–H and O–H groups in total. The number of hydrogen-bond acceptors (Lipinski definition) is 4. The van der Waals surface area contributed by atoms with Gasteiger partial charge in [-0.1, -0.05) is 50.0 Å². The minimum Gasteiger partial charge on any atom is -0.454 e. The van der Waals surface area contributed by atoms with Crippen molar-refractivity contribution in [1.29, 1.82) is 0 Å². The monoisotopic (exact) mass is 391 g/mol. The minimum absolute atomic E-state index is 0.0823. The summed E-state index contributed by atoms with van der Waals surface area (Å²) in [7, 11) is -1.70. The van der Waals surface area contributed by atoms with Gasteiger partial charge < -0.3 is 13.9 Å². The van der Waals surface area contributed by atoms with Crippen molar-refractivity contribution in [3.05, 3.63) is 64.6 Å². The maximum Gasteiger partial charge on any atom is 0.261 e. The normalized spacial score (nSPS) is 13.5. The molecular weight excluding hydrogens is 370 g/mol. The first-order chi connectivity index (χ1) is 13.4. The van der Waals surface area contributed by atoms with Crippen molar-refractivity contribution in [3.63, 3.8) is 0 Å². The molecule has 5 nitrogen and oxygen atoms in total. The van der Waals surface area contributed by atoms with Crippen molar-refractivity contribution in [2.75, 3.05) is 6.79 Å². The molecule has 6 heteroatoms. The molecule has 0 radical (unpaired) electrons. The van der Waals surface area contributed by atoms with E-state index in [0.29, 0.717) is 29.1 Å². The third kappa shape index (κ3) is 2.56. The molecule has 3 heterocycles. The average molecular weight is 391 g/mol. The molecule has 0 bridgehead atoms. The maximum atomic E-state index is 13.4. The molecule has 0 saturated heterocycles. The summed E-state index contributed by atoms with van der Waals surface area (Å²) in [4.78, 5) is 13.4. The molecule has 0 atom stereocenters. The summed E-state index contributed by atoms with van der Waals surface area (Å²) in [6.45, 7) is 7.48. The van der Waals surface area contributed by atoms with E-state index in [1.807, 2.05) is 48.7 Å². The average Bonchev–Trinajstić information content (AvgIpc) is 3.31. The van der Waals surface area contributed by atoms with E-state index >= 15 is 0 Å². The van der Waals surface area contributed by atoms with E-state index in [-0.39, 0.29) is 12.4 Å². The van der Waals surface area contributed by atoms with E-state index in [2.05, 4.69) is 19.6 Å². The fraction of sp³-hybridized carbons (Fsp3) is 0.227. The molecule has 0 spiro atoms.